The molecule has 11 rings (SSSR count). The van der Waals surface area contributed by atoms with E-state index in [0.29, 0.717) is 34.9 Å². The van der Waals surface area contributed by atoms with Crippen molar-refractivity contribution in [1.29, 1.82) is 0 Å². The topological polar surface area (TPSA) is 95.2 Å². The third-order valence-corrected chi connectivity index (χ3v) is 11.1. The molecule has 8 heteroatoms. The molecule has 8 nitrogen and oxygen atoms in total. The van der Waals surface area contributed by atoms with Crippen LogP contribution in [0.1, 0.15) is 18.7 Å². The van der Waals surface area contributed by atoms with Gasteiger partial charge in [0.25, 0.3) is 0 Å². The van der Waals surface area contributed by atoms with Gasteiger partial charge in [-0.1, -0.05) is 170 Å². The van der Waals surface area contributed by atoms with Crippen LogP contribution in [-0.2, 0) is 0 Å². The number of rotatable bonds is 9. The summed E-state index contributed by atoms with van der Waals surface area (Å²) < 4.78 is 2.28. The van der Waals surface area contributed by atoms with Gasteiger partial charge in [-0.05, 0) is 54.8 Å². The molecule has 0 saturated carbocycles. The molecular formula is C55H38N8. The van der Waals surface area contributed by atoms with Crippen LogP contribution in [0.4, 0.5) is 0 Å². The minimum Gasteiger partial charge on any atom is -0.292 e. The summed E-state index contributed by atoms with van der Waals surface area (Å²) in [5, 5.41) is 0. The SMILES string of the molecule is C1=CC(c2nc3ccccc3n2-c2ccccc2-c2cc(-c3nc(-c4ccccc4)nc(-c4ccccc4)n3)cc(-c3nc(-c4ccccc4)nc(-c4ccccc4)n3)c2)=CCC1. The van der Waals surface area contributed by atoms with Gasteiger partial charge in [0, 0.05) is 44.5 Å². The van der Waals surface area contributed by atoms with Gasteiger partial charge < -0.3 is 0 Å². The molecule has 3 aromatic heterocycles. The van der Waals surface area contributed by atoms with Crippen molar-refractivity contribution in [3.05, 3.63) is 212 Å². The molecule has 0 aliphatic heterocycles. The smallest absolute Gasteiger partial charge is 0.164 e. The summed E-state index contributed by atoms with van der Waals surface area (Å²) in [6, 6.07) is 63.4. The zero-order chi connectivity index (χ0) is 42.0. The molecule has 7 aromatic carbocycles. The first kappa shape index (κ1) is 37.5. The van der Waals surface area contributed by atoms with Gasteiger partial charge >= 0.3 is 0 Å². The third-order valence-electron chi connectivity index (χ3n) is 11.1. The average molecular weight is 811 g/mol. The molecule has 0 amide bonds. The Bertz CT molecular complexity index is 3060. The Hall–Kier alpha value is -8.49. The first-order chi connectivity index (χ1) is 31.2. The van der Waals surface area contributed by atoms with E-state index in [2.05, 4.69) is 83.5 Å². The number of benzene rings is 7. The molecule has 63 heavy (non-hydrogen) atoms. The van der Waals surface area contributed by atoms with E-state index in [-0.39, 0.29) is 0 Å². The van der Waals surface area contributed by atoms with E-state index >= 15 is 0 Å². The minimum absolute atomic E-state index is 0.523. The second kappa shape index (κ2) is 16.5. The molecule has 10 aromatic rings. The fourth-order valence-electron chi connectivity index (χ4n) is 8.07. The van der Waals surface area contributed by atoms with Crippen molar-refractivity contribution in [2.75, 3.05) is 0 Å². The maximum Gasteiger partial charge on any atom is 0.164 e. The highest BCUT2D eigenvalue weighted by Crippen LogP contribution is 2.38. The number of aromatic nitrogens is 8. The average Bonchev–Trinajstić information content (AvgIpc) is 3.77. The van der Waals surface area contributed by atoms with Crippen molar-refractivity contribution in [3.8, 4) is 85.1 Å². The summed E-state index contributed by atoms with van der Waals surface area (Å²) in [5.41, 5.74) is 11.1. The summed E-state index contributed by atoms with van der Waals surface area (Å²) in [5.74, 6) is 4.25. The molecule has 1 aliphatic carbocycles. The van der Waals surface area contributed by atoms with E-state index in [1.54, 1.807) is 0 Å². The molecule has 298 valence electrons. The van der Waals surface area contributed by atoms with Gasteiger partial charge in [0.15, 0.2) is 34.9 Å². The Labute approximate surface area is 364 Å². The minimum atomic E-state index is 0.523. The van der Waals surface area contributed by atoms with Gasteiger partial charge in [0.1, 0.15) is 5.82 Å². The van der Waals surface area contributed by atoms with Crippen molar-refractivity contribution >= 4 is 16.6 Å². The number of nitrogens with zero attached hydrogens (tertiary/aromatic N) is 8. The van der Waals surface area contributed by atoms with Crippen LogP contribution < -0.4 is 0 Å². The van der Waals surface area contributed by atoms with Gasteiger partial charge in [-0.25, -0.2) is 34.9 Å². The molecule has 0 atom stereocenters. The van der Waals surface area contributed by atoms with Gasteiger partial charge in [0.05, 0.1) is 16.7 Å². The number of para-hydroxylation sites is 3. The second-order valence-electron chi connectivity index (χ2n) is 15.3. The Balaban J connectivity index is 1.18. The standard InChI is InChI=1S/C55H38N8/c1-6-20-37(21-7-1)49-57-50(38-22-8-2-9-23-38)60-53(59-49)43-34-42(35-44(36-43)54-61-51(39-24-10-3-11-25-39)58-52(62-54)40-26-12-4-13-27-40)45-30-16-18-32-47(45)63-48-33-19-17-31-46(48)56-55(63)41-28-14-5-15-29-41/h1-4,6-14,16-36H,5,15H2. The number of fused-ring (bicyclic) bond motifs is 1. The Morgan fingerprint density at radius 1 is 0.349 bits per heavy atom. The lowest BCUT2D eigenvalue weighted by molar-refractivity contribution is 1.01. The van der Waals surface area contributed by atoms with Crippen LogP contribution in [0.2, 0.25) is 0 Å². The Morgan fingerprint density at radius 2 is 0.762 bits per heavy atom. The molecule has 0 bridgehead atoms. The lowest BCUT2D eigenvalue weighted by Crippen LogP contribution is -2.04. The summed E-state index contributed by atoms with van der Waals surface area (Å²) in [4.78, 5) is 36.0. The normalized spacial score (nSPS) is 12.3. The fourth-order valence-corrected chi connectivity index (χ4v) is 8.07. The quantitative estimate of drug-likeness (QED) is 0.143. The van der Waals surface area contributed by atoms with Crippen LogP contribution in [0, 0.1) is 0 Å². The van der Waals surface area contributed by atoms with Crippen molar-refractivity contribution in [2.45, 2.75) is 12.8 Å². The lowest BCUT2D eigenvalue weighted by Gasteiger charge is -2.18. The zero-order valence-corrected chi connectivity index (χ0v) is 34.1. The van der Waals surface area contributed by atoms with Crippen molar-refractivity contribution in [1.82, 2.24) is 39.5 Å². The van der Waals surface area contributed by atoms with E-state index in [4.69, 9.17) is 34.9 Å². The highest BCUT2D eigenvalue weighted by atomic mass is 15.1. The van der Waals surface area contributed by atoms with E-state index in [1.807, 2.05) is 127 Å². The molecule has 0 radical (unpaired) electrons. The molecule has 0 spiro atoms. The first-order valence-electron chi connectivity index (χ1n) is 21.1. The predicted octanol–water partition coefficient (Wildman–Crippen LogP) is 12.8. The maximum atomic E-state index is 5.22. The van der Waals surface area contributed by atoms with Gasteiger partial charge in [-0.15, -0.1) is 0 Å². The molecule has 0 fully saturated rings. The van der Waals surface area contributed by atoms with E-state index < -0.39 is 0 Å². The van der Waals surface area contributed by atoms with Crippen LogP contribution in [0.15, 0.2) is 206 Å². The third kappa shape index (κ3) is 7.51. The molecular weight excluding hydrogens is 773 g/mol. The maximum absolute atomic E-state index is 5.22. The molecule has 0 N–H and O–H groups in total. The fraction of sp³-hybridized carbons (Fsp3) is 0.0364. The lowest BCUT2D eigenvalue weighted by atomic mass is 9.97. The highest BCUT2D eigenvalue weighted by Gasteiger charge is 2.22. The number of hydrogen-bond donors (Lipinski definition) is 0. The van der Waals surface area contributed by atoms with Crippen LogP contribution in [-0.4, -0.2) is 39.5 Å². The van der Waals surface area contributed by atoms with Gasteiger partial charge in [-0.2, -0.15) is 0 Å². The molecule has 1 aliphatic rings. The summed E-state index contributed by atoms with van der Waals surface area (Å²) in [6.07, 6.45) is 8.67. The molecule has 0 unspecified atom stereocenters. The first-order valence-corrected chi connectivity index (χ1v) is 21.1. The summed E-state index contributed by atoms with van der Waals surface area (Å²) in [7, 11) is 0. The van der Waals surface area contributed by atoms with Crippen molar-refractivity contribution in [2.24, 2.45) is 0 Å². The summed E-state index contributed by atoms with van der Waals surface area (Å²) >= 11 is 0. The number of allylic oxidation sites excluding steroid dienone is 4. The van der Waals surface area contributed by atoms with Crippen LogP contribution in [0.25, 0.3) is 102 Å². The molecule has 0 saturated heterocycles. The summed E-state index contributed by atoms with van der Waals surface area (Å²) in [6.45, 7) is 0. The number of hydrogen-bond acceptors (Lipinski definition) is 7. The van der Waals surface area contributed by atoms with Crippen molar-refractivity contribution < 1.29 is 0 Å². The van der Waals surface area contributed by atoms with Crippen LogP contribution >= 0.6 is 0 Å². The predicted molar refractivity (Wildman–Crippen MR) is 252 cm³/mol. The van der Waals surface area contributed by atoms with Crippen molar-refractivity contribution in [3.63, 3.8) is 0 Å². The zero-order valence-electron chi connectivity index (χ0n) is 34.1. The second-order valence-corrected chi connectivity index (χ2v) is 15.3. The Morgan fingerprint density at radius 3 is 1.24 bits per heavy atom. The Kier molecular flexibility index (Phi) is 9.83. The monoisotopic (exact) mass is 810 g/mol. The van der Waals surface area contributed by atoms with Crippen LogP contribution in [0.5, 0.6) is 0 Å². The van der Waals surface area contributed by atoms with E-state index in [0.717, 1.165) is 85.5 Å². The van der Waals surface area contributed by atoms with E-state index in [1.165, 1.54) is 0 Å². The number of imidazole rings is 1. The largest absolute Gasteiger partial charge is 0.292 e. The van der Waals surface area contributed by atoms with Crippen LogP contribution in [0.3, 0.4) is 0 Å². The highest BCUT2D eigenvalue weighted by molar-refractivity contribution is 5.89. The molecule has 3 heterocycles. The van der Waals surface area contributed by atoms with Gasteiger partial charge in [-0.3, -0.25) is 4.57 Å². The van der Waals surface area contributed by atoms with Gasteiger partial charge in [0.2, 0.25) is 0 Å². The van der Waals surface area contributed by atoms with E-state index in [9.17, 15) is 0 Å².